The van der Waals surface area contributed by atoms with Crippen molar-refractivity contribution in [2.24, 2.45) is 5.92 Å². The lowest BCUT2D eigenvalue weighted by Crippen LogP contribution is -2.17. The Balaban J connectivity index is 1.57. The van der Waals surface area contributed by atoms with Gasteiger partial charge in [0.05, 0.1) is 11.7 Å². The molecule has 3 aromatic heterocycles. The molecule has 0 spiro atoms. The lowest BCUT2D eigenvalue weighted by Gasteiger charge is -2.26. The van der Waals surface area contributed by atoms with Crippen LogP contribution in [0.5, 0.6) is 0 Å². The average molecular weight is 374 g/mol. The fraction of sp³-hybridized carbons (Fsp3) is 0.444. The molecule has 27 heavy (non-hydrogen) atoms. The minimum absolute atomic E-state index is 0.0265. The number of anilines is 1. The molecule has 7 nitrogen and oxygen atoms in total. The van der Waals surface area contributed by atoms with Crippen LogP contribution in [0.1, 0.15) is 61.3 Å². The van der Waals surface area contributed by atoms with Crippen LogP contribution in [-0.4, -0.2) is 30.3 Å². The molecule has 0 atom stereocenters. The second-order valence-corrected chi connectivity index (χ2v) is 7.03. The second-order valence-electron chi connectivity index (χ2n) is 7.03. The van der Waals surface area contributed by atoms with Gasteiger partial charge in [0.2, 0.25) is 0 Å². The van der Waals surface area contributed by atoms with Crippen molar-refractivity contribution in [3.63, 3.8) is 0 Å². The largest absolute Gasteiger partial charge is 0.317 e. The van der Waals surface area contributed by atoms with Gasteiger partial charge in [-0.2, -0.15) is 10.2 Å². The highest BCUT2D eigenvalue weighted by molar-refractivity contribution is 6.03. The molecule has 0 aromatic carbocycles. The van der Waals surface area contributed by atoms with E-state index in [1.54, 1.807) is 23.1 Å². The van der Waals surface area contributed by atoms with Gasteiger partial charge in [-0.3, -0.25) is 9.48 Å². The van der Waals surface area contributed by atoms with Crippen molar-refractivity contribution in [1.29, 1.82) is 0 Å². The van der Waals surface area contributed by atoms with Gasteiger partial charge < -0.3 is 5.32 Å². The van der Waals surface area contributed by atoms with Gasteiger partial charge in [0.25, 0.3) is 12.3 Å². The molecule has 1 amide bonds. The summed E-state index contributed by atoms with van der Waals surface area (Å²) in [6.45, 7) is 2.19. The number of nitrogens with one attached hydrogen (secondary N) is 1. The van der Waals surface area contributed by atoms with Crippen LogP contribution in [-0.2, 0) is 0 Å². The highest BCUT2D eigenvalue weighted by Crippen LogP contribution is 2.34. The first-order valence-electron chi connectivity index (χ1n) is 9.00. The van der Waals surface area contributed by atoms with Gasteiger partial charge in [0.15, 0.2) is 17.0 Å². The third-order valence-corrected chi connectivity index (χ3v) is 5.04. The van der Waals surface area contributed by atoms with E-state index in [0.29, 0.717) is 11.6 Å². The zero-order chi connectivity index (χ0) is 19.0. The first-order valence-corrected chi connectivity index (χ1v) is 9.00. The standard InChI is InChI=1S/C18H20F2N6O/c1-11-3-5-12(6-4-11)26-10-14(16(24-26)17(19)20)22-18(27)13-9-15-21-7-2-8-25(15)23-13/h2,7-12,17H,3-6H2,1H3,(H,22,27). The van der Waals surface area contributed by atoms with Gasteiger partial charge in [-0.25, -0.2) is 18.3 Å². The van der Waals surface area contributed by atoms with Crippen molar-refractivity contribution < 1.29 is 13.6 Å². The average Bonchev–Trinajstić information content (AvgIpc) is 3.26. The number of aromatic nitrogens is 5. The molecule has 9 heteroatoms. The van der Waals surface area contributed by atoms with Crippen LogP contribution in [0, 0.1) is 5.92 Å². The molecule has 0 aliphatic heterocycles. The second kappa shape index (κ2) is 7.05. The van der Waals surface area contributed by atoms with Crippen LogP contribution in [0.15, 0.2) is 30.7 Å². The molecule has 3 heterocycles. The van der Waals surface area contributed by atoms with E-state index in [0.717, 1.165) is 25.7 Å². The number of carbonyl (C=O) groups excluding carboxylic acids is 1. The summed E-state index contributed by atoms with van der Waals surface area (Å²) in [5.41, 5.74) is 0.222. The minimum Gasteiger partial charge on any atom is -0.317 e. The van der Waals surface area contributed by atoms with E-state index in [-0.39, 0.29) is 17.4 Å². The summed E-state index contributed by atoms with van der Waals surface area (Å²) in [4.78, 5) is 16.6. The number of hydrogen-bond acceptors (Lipinski definition) is 4. The zero-order valence-electron chi connectivity index (χ0n) is 14.8. The summed E-state index contributed by atoms with van der Waals surface area (Å²) in [6, 6.07) is 3.28. The maximum atomic E-state index is 13.4. The van der Waals surface area contributed by atoms with E-state index < -0.39 is 18.0 Å². The molecule has 1 fully saturated rings. The minimum atomic E-state index is -2.77. The summed E-state index contributed by atoms with van der Waals surface area (Å²) >= 11 is 0. The third kappa shape index (κ3) is 3.54. The van der Waals surface area contributed by atoms with Gasteiger partial charge in [-0.15, -0.1) is 0 Å². The van der Waals surface area contributed by atoms with Gasteiger partial charge in [-0.1, -0.05) is 6.92 Å². The predicted molar refractivity (Wildman–Crippen MR) is 94.8 cm³/mol. The zero-order valence-corrected chi connectivity index (χ0v) is 14.8. The van der Waals surface area contributed by atoms with Crippen LogP contribution in [0.25, 0.3) is 5.65 Å². The van der Waals surface area contributed by atoms with Crippen LogP contribution >= 0.6 is 0 Å². The molecule has 1 saturated carbocycles. The van der Waals surface area contributed by atoms with E-state index in [2.05, 4.69) is 27.4 Å². The number of rotatable bonds is 4. The van der Waals surface area contributed by atoms with Gasteiger partial charge in [0.1, 0.15) is 0 Å². The molecule has 0 radical (unpaired) electrons. The lowest BCUT2D eigenvalue weighted by atomic mass is 9.87. The number of hydrogen-bond donors (Lipinski definition) is 1. The molecule has 1 aliphatic carbocycles. The molecule has 142 valence electrons. The Kier molecular flexibility index (Phi) is 4.59. The maximum Gasteiger partial charge on any atom is 0.284 e. The summed E-state index contributed by atoms with van der Waals surface area (Å²) in [5.74, 6) is 0.0772. The molecule has 3 aromatic rings. The lowest BCUT2D eigenvalue weighted by molar-refractivity contribution is 0.102. The molecule has 0 saturated heterocycles. The highest BCUT2D eigenvalue weighted by Gasteiger charge is 2.26. The van der Waals surface area contributed by atoms with E-state index in [9.17, 15) is 13.6 Å². The van der Waals surface area contributed by atoms with Crippen LogP contribution < -0.4 is 5.32 Å². The molecule has 0 unspecified atom stereocenters. The van der Waals surface area contributed by atoms with Crippen LogP contribution in [0.2, 0.25) is 0 Å². The topological polar surface area (TPSA) is 77.1 Å². The summed E-state index contributed by atoms with van der Waals surface area (Å²) in [5, 5.41) is 10.7. The monoisotopic (exact) mass is 374 g/mol. The number of amides is 1. The molecular weight excluding hydrogens is 354 g/mol. The molecule has 1 N–H and O–H groups in total. The number of fused-ring (bicyclic) bond motifs is 1. The Hall–Kier alpha value is -2.84. The third-order valence-electron chi connectivity index (χ3n) is 5.04. The summed E-state index contributed by atoms with van der Waals surface area (Å²) in [7, 11) is 0. The van der Waals surface area contributed by atoms with Gasteiger partial charge in [-0.05, 0) is 37.7 Å². The Bertz CT molecular complexity index is 925. The number of carbonyl (C=O) groups is 1. The Morgan fingerprint density at radius 2 is 2.04 bits per heavy atom. The smallest absolute Gasteiger partial charge is 0.284 e. The van der Waals surface area contributed by atoms with Crippen molar-refractivity contribution >= 4 is 17.2 Å². The Labute approximate surface area is 154 Å². The predicted octanol–water partition coefficient (Wildman–Crippen LogP) is 3.87. The first-order chi connectivity index (χ1) is 13.0. The SMILES string of the molecule is CC1CCC(n2cc(NC(=O)c3cc4ncccn4n3)c(C(F)F)n2)CC1. The normalized spacial score (nSPS) is 20.3. The Morgan fingerprint density at radius 1 is 1.26 bits per heavy atom. The molecule has 0 bridgehead atoms. The highest BCUT2D eigenvalue weighted by atomic mass is 19.3. The maximum absolute atomic E-state index is 13.4. The summed E-state index contributed by atoms with van der Waals surface area (Å²) in [6.07, 6.45) is 5.87. The molecular formula is C18H20F2N6O. The van der Waals surface area contributed by atoms with Crippen molar-refractivity contribution in [1.82, 2.24) is 24.4 Å². The van der Waals surface area contributed by atoms with Crippen molar-refractivity contribution in [2.75, 3.05) is 5.32 Å². The van der Waals surface area contributed by atoms with E-state index in [1.807, 2.05) is 0 Å². The number of nitrogens with zero attached hydrogens (tertiary/aromatic N) is 5. The quantitative estimate of drug-likeness (QED) is 0.752. The molecule has 1 aliphatic rings. The van der Waals surface area contributed by atoms with Crippen LogP contribution in [0.3, 0.4) is 0 Å². The van der Waals surface area contributed by atoms with Crippen molar-refractivity contribution in [2.45, 2.75) is 45.1 Å². The van der Waals surface area contributed by atoms with Crippen molar-refractivity contribution in [3.8, 4) is 0 Å². The Morgan fingerprint density at radius 3 is 2.74 bits per heavy atom. The van der Waals surface area contributed by atoms with Gasteiger partial charge in [0, 0.05) is 24.7 Å². The number of alkyl halides is 2. The fourth-order valence-corrected chi connectivity index (χ4v) is 3.48. The first kappa shape index (κ1) is 17.6. The van der Waals surface area contributed by atoms with E-state index in [4.69, 9.17) is 0 Å². The van der Waals surface area contributed by atoms with Gasteiger partial charge >= 0.3 is 0 Å². The summed E-state index contributed by atoms with van der Waals surface area (Å²) < 4.78 is 29.9. The van der Waals surface area contributed by atoms with E-state index >= 15 is 0 Å². The number of halogens is 2. The molecule has 4 rings (SSSR count). The van der Waals surface area contributed by atoms with E-state index in [1.165, 1.54) is 16.8 Å². The van der Waals surface area contributed by atoms with Crippen molar-refractivity contribution in [3.05, 3.63) is 42.1 Å². The van der Waals surface area contributed by atoms with Crippen LogP contribution in [0.4, 0.5) is 14.5 Å². The fourth-order valence-electron chi connectivity index (χ4n) is 3.48.